The summed E-state index contributed by atoms with van der Waals surface area (Å²) in [5.41, 5.74) is 0. The Balaban J connectivity index is 0. The summed E-state index contributed by atoms with van der Waals surface area (Å²) in [6, 6.07) is 0. The number of carbonyl (C=O) groups excluding carboxylic acids is 1. The van der Waals surface area contributed by atoms with Crippen LogP contribution in [-0.2, 0) is 4.79 Å². The van der Waals surface area contributed by atoms with Crippen molar-refractivity contribution in [2.24, 2.45) is 0 Å². The number of hydrogen-bond donors (Lipinski definition) is 1. The number of aliphatic hydroxyl groups excluding tert-OH is 1. The van der Waals surface area contributed by atoms with Crippen LogP contribution >= 0.6 is 0 Å². The van der Waals surface area contributed by atoms with Gasteiger partial charge < -0.3 is 9.90 Å². The Kier molecular flexibility index (Phi) is 8.01. The summed E-state index contributed by atoms with van der Waals surface area (Å²) in [7, 11) is 0. The van der Waals surface area contributed by atoms with Crippen LogP contribution in [-0.4, -0.2) is 25.9 Å². The molecule has 0 aromatic heterocycles. The molecule has 0 spiro atoms. The van der Waals surface area contributed by atoms with Crippen LogP contribution in [0, 0.1) is 0 Å². The Morgan fingerprint density at radius 2 is 2.29 bits per heavy atom. The van der Waals surface area contributed by atoms with E-state index in [-0.39, 0.29) is 14.8 Å². The SMILES string of the molecule is B.CC(O)CC=O. The maximum absolute atomic E-state index is 9.46. The second-order valence-corrected chi connectivity index (χ2v) is 1.25. The van der Waals surface area contributed by atoms with Crippen LogP contribution in [0.15, 0.2) is 0 Å². The molecule has 0 rings (SSSR count). The van der Waals surface area contributed by atoms with Gasteiger partial charge in [-0.1, -0.05) is 0 Å². The van der Waals surface area contributed by atoms with Crippen LogP contribution in [0.5, 0.6) is 0 Å². The van der Waals surface area contributed by atoms with Gasteiger partial charge in [0, 0.05) is 6.42 Å². The van der Waals surface area contributed by atoms with Gasteiger partial charge in [0.05, 0.1) is 14.5 Å². The van der Waals surface area contributed by atoms with E-state index >= 15 is 0 Å². The quantitative estimate of drug-likeness (QED) is 0.350. The molecular formula is C4H11BO2. The zero-order valence-electron chi connectivity index (χ0n) is 3.72. The molecule has 0 saturated heterocycles. The molecule has 0 aromatic rings. The highest BCUT2D eigenvalue weighted by molar-refractivity contribution is 5.75. The second-order valence-electron chi connectivity index (χ2n) is 1.25. The van der Waals surface area contributed by atoms with Gasteiger partial charge in [-0.25, -0.2) is 0 Å². The second kappa shape index (κ2) is 5.69. The van der Waals surface area contributed by atoms with Gasteiger partial charge in [0.2, 0.25) is 0 Å². The first-order chi connectivity index (χ1) is 2.77. The summed E-state index contributed by atoms with van der Waals surface area (Å²) in [6.07, 6.45) is 0.479. The first-order valence-corrected chi connectivity index (χ1v) is 1.89. The van der Waals surface area contributed by atoms with Crippen LogP contribution in [0.2, 0.25) is 0 Å². The van der Waals surface area contributed by atoms with Gasteiger partial charge in [0.15, 0.2) is 0 Å². The van der Waals surface area contributed by atoms with Crippen molar-refractivity contribution >= 4 is 14.7 Å². The van der Waals surface area contributed by atoms with Crippen molar-refractivity contribution in [2.45, 2.75) is 19.4 Å². The lowest BCUT2D eigenvalue weighted by Gasteiger charge is -1.89. The fourth-order valence-electron chi connectivity index (χ4n) is 0.139. The molecule has 0 saturated carbocycles. The van der Waals surface area contributed by atoms with Gasteiger partial charge in [-0.2, -0.15) is 0 Å². The van der Waals surface area contributed by atoms with Crippen molar-refractivity contribution in [1.82, 2.24) is 0 Å². The molecule has 0 radical (unpaired) electrons. The summed E-state index contributed by atoms with van der Waals surface area (Å²) >= 11 is 0. The molecule has 0 aliphatic rings. The van der Waals surface area contributed by atoms with E-state index < -0.39 is 6.10 Å². The number of aldehydes is 1. The molecule has 0 amide bonds. The standard InChI is InChI=1S/C4H8O2.BH3/c1-4(6)2-3-5;/h3-4,6H,2H2,1H3;1H3. The minimum absolute atomic E-state index is 0. The van der Waals surface area contributed by atoms with E-state index in [1.54, 1.807) is 6.92 Å². The van der Waals surface area contributed by atoms with Crippen LogP contribution in [0.4, 0.5) is 0 Å². The summed E-state index contributed by atoms with van der Waals surface area (Å²) in [6.45, 7) is 1.58. The molecule has 1 N–H and O–H groups in total. The first-order valence-electron chi connectivity index (χ1n) is 1.89. The highest BCUT2D eigenvalue weighted by Gasteiger charge is 1.87. The number of hydrogen-bond acceptors (Lipinski definition) is 2. The van der Waals surface area contributed by atoms with E-state index in [0.717, 1.165) is 0 Å². The van der Waals surface area contributed by atoms with Crippen LogP contribution < -0.4 is 0 Å². The molecule has 0 aliphatic heterocycles. The molecule has 7 heavy (non-hydrogen) atoms. The molecule has 0 aromatic carbocycles. The third-order valence-electron chi connectivity index (χ3n) is 0.437. The number of rotatable bonds is 2. The van der Waals surface area contributed by atoms with E-state index in [9.17, 15) is 4.79 Å². The van der Waals surface area contributed by atoms with Gasteiger partial charge in [-0.15, -0.1) is 0 Å². The van der Waals surface area contributed by atoms with Crippen molar-refractivity contribution in [3.8, 4) is 0 Å². The molecule has 42 valence electrons. The lowest BCUT2D eigenvalue weighted by molar-refractivity contribution is -0.109. The van der Waals surface area contributed by atoms with Crippen molar-refractivity contribution in [3.05, 3.63) is 0 Å². The van der Waals surface area contributed by atoms with Crippen LogP contribution in [0.25, 0.3) is 0 Å². The summed E-state index contributed by atoms with van der Waals surface area (Å²) in [4.78, 5) is 9.46. The van der Waals surface area contributed by atoms with Crippen LogP contribution in [0.1, 0.15) is 13.3 Å². The van der Waals surface area contributed by atoms with Crippen LogP contribution in [0.3, 0.4) is 0 Å². The topological polar surface area (TPSA) is 37.3 Å². The average molecular weight is 102 g/mol. The van der Waals surface area contributed by atoms with E-state index in [2.05, 4.69) is 0 Å². The predicted molar refractivity (Wildman–Crippen MR) is 32.3 cm³/mol. The van der Waals surface area contributed by atoms with E-state index in [1.807, 2.05) is 0 Å². The number of carbonyl (C=O) groups is 1. The van der Waals surface area contributed by atoms with E-state index in [1.165, 1.54) is 0 Å². The fourth-order valence-corrected chi connectivity index (χ4v) is 0.139. The third-order valence-corrected chi connectivity index (χ3v) is 0.437. The maximum Gasteiger partial charge on any atom is 0.122 e. The zero-order valence-corrected chi connectivity index (χ0v) is 3.72. The molecule has 0 aliphatic carbocycles. The summed E-state index contributed by atoms with van der Waals surface area (Å²) in [5.74, 6) is 0. The highest BCUT2D eigenvalue weighted by atomic mass is 16.3. The Morgan fingerprint density at radius 3 is 2.29 bits per heavy atom. The monoisotopic (exact) mass is 102 g/mol. The normalized spacial score (nSPS) is 11.7. The Hall–Kier alpha value is -0.305. The molecule has 1 unspecified atom stereocenters. The van der Waals surface area contributed by atoms with Crippen molar-refractivity contribution < 1.29 is 9.90 Å². The largest absolute Gasteiger partial charge is 0.393 e. The van der Waals surface area contributed by atoms with Gasteiger partial charge in [0.25, 0.3) is 0 Å². The molecule has 2 nitrogen and oxygen atoms in total. The molecule has 0 fully saturated rings. The first kappa shape index (κ1) is 9.85. The Bertz CT molecular complexity index is 45.0. The predicted octanol–water partition coefficient (Wildman–Crippen LogP) is -1.23. The van der Waals surface area contributed by atoms with Crippen molar-refractivity contribution in [3.63, 3.8) is 0 Å². The highest BCUT2D eigenvalue weighted by Crippen LogP contribution is 1.79. The van der Waals surface area contributed by atoms with E-state index in [0.29, 0.717) is 6.29 Å². The van der Waals surface area contributed by atoms with Gasteiger partial charge in [-0.3, -0.25) is 0 Å². The fraction of sp³-hybridized carbons (Fsp3) is 0.750. The zero-order chi connectivity index (χ0) is 4.99. The molecule has 1 atom stereocenters. The average Bonchev–Trinajstić information content (AvgIpc) is 1.35. The van der Waals surface area contributed by atoms with Gasteiger partial charge >= 0.3 is 0 Å². The molecule has 3 heteroatoms. The summed E-state index contributed by atoms with van der Waals surface area (Å²) < 4.78 is 0. The Morgan fingerprint density at radius 1 is 1.86 bits per heavy atom. The number of aliphatic hydroxyl groups is 1. The van der Waals surface area contributed by atoms with E-state index in [4.69, 9.17) is 5.11 Å². The molecular weight excluding hydrogens is 90.9 g/mol. The van der Waals surface area contributed by atoms with Crippen molar-refractivity contribution in [2.75, 3.05) is 0 Å². The molecule has 0 bridgehead atoms. The lowest BCUT2D eigenvalue weighted by atomic mass is 10.3. The lowest BCUT2D eigenvalue weighted by Crippen LogP contribution is -1.97. The third kappa shape index (κ3) is 10.7. The smallest absolute Gasteiger partial charge is 0.122 e. The molecule has 0 heterocycles. The maximum atomic E-state index is 9.46. The van der Waals surface area contributed by atoms with Gasteiger partial charge in [-0.05, 0) is 6.92 Å². The minimum atomic E-state index is -0.470. The summed E-state index contributed by atoms with van der Waals surface area (Å²) in [5, 5.41) is 8.32. The Labute approximate surface area is 45.1 Å². The minimum Gasteiger partial charge on any atom is -0.393 e. The van der Waals surface area contributed by atoms with Crippen molar-refractivity contribution in [1.29, 1.82) is 0 Å². The van der Waals surface area contributed by atoms with Gasteiger partial charge in [0.1, 0.15) is 6.29 Å².